The predicted octanol–water partition coefficient (Wildman–Crippen LogP) is 3.19. The van der Waals surface area contributed by atoms with E-state index in [0.29, 0.717) is 5.69 Å². The van der Waals surface area contributed by atoms with Crippen LogP contribution in [0.15, 0.2) is 18.5 Å². The summed E-state index contributed by atoms with van der Waals surface area (Å²) in [4.78, 5) is 29.5. The number of amides is 1. The van der Waals surface area contributed by atoms with E-state index in [2.05, 4.69) is 10.1 Å². The minimum atomic E-state index is -4.66. The van der Waals surface area contributed by atoms with Gasteiger partial charge in [-0.25, -0.2) is 18.3 Å². The van der Waals surface area contributed by atoms with Gasteiger partial charge in [-0.15, -0.1) is 0 Å². The minimum absolute atomic E-state index is 0.0546. The molecule has 12 heteroatoms. The fourth-order valence-corrected chi connectivity index (χ4v) is 4.42. The van der Waals surface area contributed by atoms with Crippen molar-refractivity contribution in [1.29, 1.82) is 0 Å². The normalized spacial score (nSPS) is 27.5. The van der Waals surface area contributed by atoms with Gasteiger partial charge < -0.3 is 11.1 Å². The number of Topliss-reactive ketones (excluding diaryl/α,β-unsaturated/α-hetero) is 1. The number of rotatable bonds is 4. The lowest BCUT2D eigenvalue weighted by Gasteiger charge is -2.31. The third-order valence-electron chi connectivity index (χ3n) is 6.53. The summed E-state index contributed by atoms with van der Waals surface area (Å²) < 4.78 is 67.2. The quantitative estimate of drug-likeness (QED) is 0.415. The van der Waals surface area contributed by atoms with E-state index in [1.54, 1.807) is 0 Å². The van der Waals surface area contributed by atoms with Gasteiger partial charge in [0.05, 0.1) is 24.1 Å². The van der Waals surface area contributed by atoms with Crippen molar-refractivity contribution in [3.8, 4) is 0 Å². The highest BCUT2D eigenvalue weighted by atomic mass is 19.4. The number of nitrogens with two attached hydrogens (primary N) is 1. The monoisotopic (exact) mass is 459 g/mol. The summed E-state index contributed by atoms with van der Waals surface area (Å²) in [7, 11) is 0. The molecule has 7 nitrogen and oxygen atoms in total. The highest BCUT2D eigenvalue weighted by Gasteiger charge is 2.56. The number of nitrogens with zero attached hydrogens (tertiary/aromatic N) is 3. The molecule has 2 fully saturated rings. The highest BCUT2D eigenvalue weighted by molar-refractivity contribution is 6.14. The molecule has 3 N–H and O–H groups in total. The van der Waals surface area contributed by atoms with E-state index in [1.165, 1.54) is 23.7 Å². The van der Waals surface area contributed by atoms with Crippen LogP contribution in [0.4, 0.5) is 22.0 Å². The van der Waals surface area contributed by atoms with E-state index in [0.717, 1.165) is 6.20 Å². The molecule has 0 aromatic carbocycles. The van der Waals surface area contributed by atoms with Crippen LogP contribution in [-0.4, -0.2) is 44.4 Å². The van der Waals surface area contributed by atoms with Gasteiger partial charge in [0, 0.05) is 18.4 Å². The van der Waals surface area contributed by atoms with Crippen molar-refractivity contribution in [2.45, 2.75) is 63.2 Å². The van der Waals surface area contributed by atoms with Crippen molar-refractivity contribution < 1.29 is 31.5 Å². The summed E-state index contributed by atoms with van der Waals surface area (Å²) >= 11 is 0. The lowest BCUT2D eigenvalue weighted by Crippen LogP contribution is -2.39. The molecule has 32 heavy (non-hydrogen) atoms. The number of ketones is 1. The number of imidazole rings is 1. The fraction of sp³-hybridized carbons (Fsp3) is 0.600. The number of nitrogens with one attached hydrogen (secondary N) is 1. The van der Waals surface area contributed by atoms with Gasteiger partial charge in [-0.05, 0) is 38.2 Å². The SMILES string of the molecule is C[C@]1(C(=O)c2cnn3cc([C@@H](N)C4CCC(F)(F)CC4)nc3c2)C[C@@H](C(F)(F)F)NC1=O. The molecule has 3 heterocycles. The first kappa shape index (κ1) is 22.6. The Hall–Kier alpha value is -2.63. The standard InChI is InChI=1S/C20H22F5N5O2/c1-18(7-13(20(23,24)25)29-17(18)32)16(31)11-6-14-28-12(9-30(14)27-8-11)15(26)10-2-4-19(21,22)5-3-10/h6,8-10,13,15H,2-5,7,26H2,1H3,(H,29,32)/t13-,15-,18+/m0/s1. The summed E-state index contributed by atoms with van der Waals surface area (Å²) in [6.07, 6.45) is -2.65. The van der Waals surface area contributed by atoms with Crippen molar-refractivity contribution in [2.75, 3.05) is 0 Å². The number of aromatic nitrogens is 3. The Morgan fingerprint density at radius 3 is 2.56 bits per heavy atom. The molecule has 2 aromatic rings. The number of hydrogen-bond acceptors (Lipinski definition) is 5. The Balaban J connectivity index is 1.55. The van der Waals surface area contributed by atoms with E-state index in [1.807, 2.05) is 5.32 Å². The van der Waals surface area contributed by atoms with Crippen LogP contribution in [0, 0.1) is 11.3 Å². The van der Waals surface area contributed by atoms with Crippen LogP contribution in [0.2, 0.25) is 0 Å². The zero-order chi connectivity index (χ0) is 23.5. The van der Waals surface area contributed by atoms with Crippen molar-refractivity contribution in [3.05, 3.63) is 29.7 Å². The molecular formula is C20H22F5N5O2. The third kappa shape index (κ3) is 3.96. The predicted molar refractivity (Wildman–Crippen MR) is 102 cm³/mol. The van der Waals surface area contributed by atoms with Crippen LogP contribution in [0.25, 0.3) is 5.65 Å². The number of halogens is 5. The average molecular weight is 459 g/mol. The van der Waals surface area contributed by atoms with Crippen molar-refractivity contribution >= 4 is 17.3 Å². The number of carbonyl (C=O) groups is 2. The van der Waals surface area contributed by atoms with E-state index < -0.39 is 47.7 Å². The molecule has 1 aliphatic heterocycles. The molecule has 0 spiro atoms. The van der Waals surface area contributed by atoms with Gasteiger partial charge in [0.25, 0.3) is 0 Å². The van der Waals surface area contributed by atoms with Crippen molar-refractivity contribution in [2.24, 2.45) is 17.1 Å². The molecule has 1 aliphatic carbocycles. The van der Waals surface area contributed by atoms with Crippen molar-refractivity contribution in [3.63, 3.8) is 0 Å². The second-order valence-corrected chi connectivity index (χ2v) is 8.86. The minimum Gasteiger partial charge on any atom is -0.344 e. The maximum Gasteiger partial charge on any atom is 0.408 e. The smallest absolute Gasteiger partial charge is 0.344 e. The van der Waals surface area contributed by atoms with Gasteiger partial charge in [0.1, 0.15) is 11.5 Å². The fourth-order valence-electron chi connectivity index (χ4n) is 4.42. The topological polar surface area (TPSA) is 102 Å². The Labute approximate surface area is 179 Å². The Kier molecular flexibility index (Phi) is 5.26. The van der Waals surface area contributed by atoms with Crippen LogP contribution in [0.5, 0.6) is 0 Å². The molecule has 2 aliphatic rings. The zero-order valence-electron chi connectivity index (χ0n) is 17.1. The van der Waals surface area contributed by atoms with Gasteiger partial charge in [-0.1, -0.05) is 0 Å². The first-order valence-electron chi connectivity index (χ1n) is 10.2. The highest BCUT2D eigenvalue weighted by Crippen LogP contribution is 2.41. The van der Waals surface area contributed by atoms with Gasteiger partial charge in [0.2, 0.25) is 11.8 Å². The van der Waals surface area contributed by atoms with Gasteiger partial charge in [-0.3, -0.25) is 9.59 Å². The molecule has 3 atom stereocenters. The molecule has 174 valence electrons. The second kappa shape index (κ2) is 7.46. The number of fused-ring (bicyclic) bond motifs is 1. The van der Waals surface area contributed by atoms with Crippen LogP contribution in [-0.2, 0) is 4.79 Å². The van der Waals surface area contributed by atoms with Crippen LogP contribution < -0.4 is 11.1 Å². The maximum atomic E-state index is 13.4. The summed E-state index contributed by atoms with van der Waals surface area (Å²) in [6, 6.07) is -1.36. The Morgan fingerprint density at radius 1 is 1.31 bits per heavy atom. The molecule has 0 bridgehead atoms. The molecular weight excluding hydrogens is 437 g/mol. The van der Waals surface area contributed by atoms with Gasteiger partial charge in [-0.2, -0.15) is 18.3 Å². The number of alkyl halides is 5. The summed E-state index contributed by atoms with van der Waals surface area (Å²) in [5, 5.41) is 5.91. The van der Waals surface area contributed by atoms with Gasteiger partial charge >= 0.3 is 6.18 Å². The van der Waals surface area contributed by atoms with E-state index >= 15 is 0 Å². The van der Waals surface area contributed by atoms with Crippen LogP contribution in [0.1, 0.15) is 61.1 Å². The lowest BCUT2D eigenvalue weighted by atomic mass is 9.80. The van der Waals surface area contributed by atoms with E-state index in [-0.39, 0.29) is 42.8 Å². The largest absolute Gasteiger partial charge is 0.408 e. The molecule has 1 amide bonds. The lowest BCUT2D eigenvalue weighted by molar-refractivity contribution is -0.155. The summed E-state index contributed by atoms with van der Waals surface area (Å²) in [6.45, 7) is 1.17. The molecule has 1 saturated carbocycles. The molecule has 4 rings (SSSR count). The number of hydrogen-bond donors (Lipinski definition) is 2. The number of carbonyl (C=O) groups excluding carboxylic acids is 2. The molecule has 1 saturated heterocycles. The first-order valence-corrected chi connectivity index (χ1v) is 10.2. The second-order valence-electron chi connectivity index (χ2n) is 8.86. The van der Waals surface area contributed by atoms with E-state index in [4.69, 9.17) is 5.73 Å². The Bertz CT molecular complexity index is 1060. The van der Waals surface area contributed by atoms with Gasteiger partial charge in [0.15, 0.2) is 11.4 Å². The molecule has 0 radical (unpaired) electrons. The Morgan fingerprint density at radius 2 is 1.97 bits per heavy atom. The third-order valence-corrected chi connectivity index (χ3v) is 6.53. The summed E-state index contributed by atoms with van der Waals surface area (Å²) in [5.74, 6) is -4.65. The zero-order valence-corrected chi connectivity index (χ0v) is 17.1. The summed E-state index contributed by atoms with van der Waals surface area (Å²) in [5.41, 5.74) is 4.93. The molecule has 0 unspecified atom stereocenters. The maximum absolute atomic E-state index is 13.4. The van der Waals surface area contributed by atoms with Crippen LogP contribution >= 0.6 is 0 Å². The first-order chi connectivity index (χ1) is 14.8. The molecule has 2 aromatic heterocycles. The average Bonchev–Trinajstić information content (AvgIpc) is 3.28. The van der Waals surface area contributed by atoms with E-state index in [9.17, 15) is 31.5 Å². The van der Waals surface area contributed by atoms with Crippen LogP contribution in [0.3, 0.4) is 0 Å². The van der Waals surface area contributed by atoms with Crippen molar-refractivity contribution in [1.82, 2.24) is 19.9 Å².